The van der Waals surface area contributed by atoms with E-state index in [0.717, 1.165) is 5.92 Å². The van der Waals surface area contributed by atoms with Gasteiger partial charge in [-0.25, -0.2) is 0 Å². The van der Waals surface area contributed by atoms with Crippen LogP contribution in [0.2, 0.25) is 0 Å². The topological polar surface area (TPSA) is 4.93 Å². The zero-order valence-corrected chi connectivity index (χ0v) is 8.75. The average Bonchev–Trinajstić information content (AvgIpc) is 2.96. The van der Waals surface area contributed by atoms with Crippen molar-refractivity contribution in [3.05, 3.63) is 35.5 Å². The van der Waals surface area contributed by atoms with Crippen molar-refractivity contribution in [2.24, 2.45) is 7.05 Å². The maximum absolute atomic E-state index is 2.36. The lowest BCUT2D eigenvalue weighted by molar-refractivity contribution is 0.918. The van der Waals surface area contributed by atoms with E-state index in [1.54, 1.807) is 0 Å². The van der Waals surface area contributed by atoms with E-state index in [9.17, 15) is 0 Å². The molecule has 0 aliphatic heterocycles. The van der Waals surface area contributed by atoms with Crippen molar-refractivity contribution in [1.82, 2.24) is 4.57 Å². The highest BCUT2D eigenvalue weighted by Gasteiger charge is 2.23. The Morgan fingerprint density at radius 3 is 2.71 bits per heavy atom. The van der Waals surface area contributed by atoms with Crippen LogP contribution in [0.5, 0.6) is 0 Å². The fourth-order valence-electron chi connectivity index (χ4n) is 2.18. The molecule has 1 heteroatoms. The van der Waals surface area contributed by atoms with Gasteiger partial charge in [0.2, 0.25) is 0 Å². The summed E-state index contributed by atoms with van der Waals surface area (Å²) in [6, 6.07) is 9.19. The quantitative estimate of drug-likeness (QED) is 0.642. The maximum Gasteiger partial charge on any atom is 0.0479 e. The monoisotopic (exact) mass is 185 g/mol. The van der Waals surface area contributed by atoms with Crippen molar-refractivity contribution in [3.8, 4) is 0 Å². The average molecular weight is 185 g/mol. The van der Waals surface area contributed by atoms with Crippen LogP contribution in [0.1, 0.15) is 30.0 Å². The SMILES string of the molecule is Cc1cc2cc(C3CC3)ccc2n1C. The number of nitrogens with zero attached hydrogens (tertiary/aromatic N) is 1. The van der Waals surface area contributed by atoms with Gasteiger partial charge >= 0.3 is 0 Å². The summed E-state index contributed by atoms with van der Waals surface area (Å²) in [7, 11) is 2.13. The molecule has 3 rings (SSSR count). The number of fused-ring (bicyclic) bond motifs is 1. The highest BCUT2D eigenvalue weighted by atomic mass is 14.9. The molecule has 0 bridgehead atoms. The Hall–Kier alpha value is -1.24. The van der Waals surface area contributed by atoms with Crippen molar-refractivity contribution >= 4 is 10.9 Å². The highest BCUT2D eigenvalue weighted by Crippen LogP contribution is 2.41. The van der Waals surface area contributed by atoms with Gasteiger partial charge in [-0.15, -0.1) is 0 Å². The van der Waals surface area contributed by atoms with Gasteiger partial charge in [-0.1, -0.05) is 6.07 Å². The molecular formula is C13H15N. The third-order valence-electron chi connectivity index (χ3n) is 3.36. The Kier molecular flexibility index (Phi) is 1.52. The summed E-state index contributed by atoms with van der Waals surface area (Å²) < 4.78 is 2.26. The second-order valence-electron chi connectivity index (χ2n) is 4.44. The molecule has 1 aliphatic carbocycles. The summed E-state index contributed by atoms with van der Waals surface area (Å²) in [4.78, 5) is 0. The minimum atomic E-state index is 0.861. The first-order valence-electron chi connectivity index (χ1n) is 5.31. The van der Waals surface area contributed by atoms with E-state index in [4.69, 9.17) is 0 Å². The first-order valence-corrected chi connectivity index (χ1v) is 5.31. The molecule has 1 aliphatic rings. The lowest BCUT2D eigenvalue weighted by atomic mass is 10.1. The van der Waals surface area contributed by atoms with Gasteiger partial charge in [0.15, 0.2) is 0 Å². The van der Waals surface area contributed by atoms with Crippen LogP contribution in [-0.2, 0) is 7.05 Å². The number of aryl methyl sites for hydroxylation is 2. The first kappa shape index (κ1) is 8.10. The lowest BCUT2D eigenvalue weighted by Gasteiger charge is -2.00. The van der Waals surface area contributed by atoms with E-state index in [1.807, 2.05) is 0 Å². The van der Waals surface area contributed by atoms with E-state index in [2.05, 4.69) is 42.8 Å². The van der Waals surface area contributed by atoms with Gasteiger partial charge in [-0.05, 0) is 49.4 Å². The molecule has 1 aromatic heterocycles. The number of rotatable bonds is 1. The van der Waals surface area contributed by atoms with Crippen LogP contribution in [0.25, 0.3) is 10.9 Å². The molecule has 1 heterocycles. The van der Waals surface area contributed by atoms with Crippen molar-refractivity contribution in [1.29, 1.82) is 0 Å². The number of hydrogen-bond donors (Lipinski definition) is 0. The van der Waals surface area contributed by atoms with Gasteiger partial charge in [0.25, 0.3) is 0 Å². The molecular weight excluding hydrogens is 170 g/mol. The van der Waals surface area contributed by atoms with Crippen molar-refractivity contribution in [3.63, 3.8) is 0 Å². The second kappa shape index (κ2) is 2.63. The number of aromatic nitrogens is 1. The smallest absolute Gasteiger partial charge is 0.0479 e. The Bertz CT molecular complexity index is 489. The summed E-state index contributed by atoms with van der Waals surface area (Å²) in [6.07, 6.45) is 2.77. The number of benzene rings is 1. The van der Waals surface area contributed by atoms with Crippen molar-refractivity contribution < 1.29 is 0 Å². The molecule has 0 radical (unpaired) electrons. The minimum Gasteiger partial charge on any atom is -0.348 e. The van der Waals surface area contributed by atoms with Crippen LogP contribution in [0.3, 0.4) is 0 Å². The van der Waals surface area contributed by atoms with Crippen molar-refractivity contribution in [2.75, 3.05) is 0 Å². The van der Waals surface area contributed by atoms with Gasteiger partial charge in [0.05, 0.1) is 0 Å². The van der Waals surface area contributed by atoms with Gasteiger partial charge in [0.1, 0.15) is 0 Å². The summed E-state index contributed by atoms with van der Waals surface area (Å²) in [5.41, 5.74) is 4.22. The largest absolute Gasteiger partial charge is 0.348 e. The van der Waals surface area contributed by atoms with Gasteiger partial charge in [-0.2, -0.15) is 0 Å². The summed E-state index contributed by atoms with van der Waals surface area (Å²) in [5, 5.41) is 1.40. The van der Waals surface area contributed by atoms with Gasteiger partial charge in [-0.3, -0.25) is 0 Å². The summed E-state index contributed by atoms with van der Waals surface area (Å²) in [6.45, 7) is 2.16. The lowest BCUT2D eigenvalue weighted by Crippen LogP contribution is -1.89. The zero-order chi connectivity index (χ0) is 9.71. The fraction of sp³-hybridized carbons (Fsp3) is 0.385. The molecule has 0 saturated heterocycles. The molecule has 0 atom stereocenters. The van der Waals surface area contributed by atoms with Crippen LogP contribution in [-0.4, -0.2) is 4.57 Å². The van der Waals surface area contributed by atoms with Crippen molar-refractivity contribution in [2.45, 2.75) is 25.7 Å². The molecule has 72 valence electrons. The third kappa shape index (κ3) is 1.08. The van der Waals surface area contributed by atoms with E-state index in [-0.39, 0.29) is 0 Å². The molecule has 1 fully saturated rings. The van der Waals surface area contributed by atoms with Crippen LogP contribution < -0.4 is 0 Å². The predicted molar refractivity (Wildman–Crippen MR) is 59.6 cm³/mol. The van der Waals surface area contributed by atoms with E-state index < -0.39 is 0 Å². The predicted octanol–water partition coefficient (Wildman–Crippen LogP) is 3.36. The minimum absolute atomic E-state index is 0.861. The molecule has 1 nitrogen and oxygen atoms in total. The summed E-state index contributed by atoms with van der Waals surface area (Å²) in [5.74, 6) is 0.861. The standard InChI is InChI=1S/C13H15N/c1-9-7-12-8-11(10-3-4-10)5-6-13(12)14(9)2/h5-8,10H,3-4H2,1-2H3. The number of hydrogen-bond acceptors (Lipinski definition) is 0. The molecule has 0 amide bonds. The van der Waals surface area contributed by atoms with Crippen LogP contribution in [0, 0.1) is 6.92 Å². The maximum atomic E-state index is 2.36. The molecule has 2 aromatic rings. The van der Waals surface area contributed by atoms with Crippen LogP contribution in [0.15, 0.2) is 24.3 Å². The Labute approximate surface area is 84.4 Å². The second-order valence-corrected chi connectivity index (χ2v) is 4.44. The normalized spacial score (nSPS) is 16.4. The Balaban J connectivity index is 2.23. The van der Waals surface area contributed by atoms with Gasteiger partial charge in [0, 0.05) is 23.6 Å². The molecule has 0 unspecified atom stereocenters. The highest BCUT2D eigenvalue weighted by molar-refractivity contribution is 5.82. The van der Waals surface area contributed by atoms with E-state index >= 15 is 0 Å². The van der Waals surface area contributed by atoms with Gasteiger partial charge < -0.3 is 4.57 Å². The Morgan fingerprint density at radius 2 is 2.00 bits per heavy atom. The summed E-state index contributed by atoms with van der Waals surface area (Å²) >= 11 is 0. The van der Waals surface area contributed by atoms with Crippen LogP contribution >= 0.6 is 0 Å². The molecule has 1 saturated carbocycles. The Morgan fingerprint density at radius 1 is 1.21 bits per heavy atom. The molecule has 1 aromatic carbocycles. The first-order chi connectivity index (χ1) is 6.75. The molecule has 14 heavy (non-hydrogen) atoms. The third-order valence-corrected chi connectivity index (χ3v) is 3.36. The molecule has 0 spiro atoms. The van der Waals surface area contributed by atoms with Crippen LogP contribution in [0.4, 0.5) is 0 Å². The molecule has 0 N–H and O–H groups in total. The van der Waals surface area contributed by atoms with E-state index in [1.165, 1.54) is 35.0 Å². The fourth-order valence-corrected chi connectivity index (χ4v) is 2.18. The van der Waals surface area contributed by atoms with E-state index in [0.29, 0.717) is 0 Å². The zero-order valence-electron chi connectivity index (χ0n) is 8.75.